The first-order valence-corrected chi connectivity index (χ1v) is 9.08. The van der Waals surface area contributed by atoms with Crippen LogP contribution < -0.4 is 4.74 Å². The van der Waals surface area contributed by atoms with E-state index in [0.29, 0.717) is 6.61 Å². The van der Waals surface area contributed by atoms with Gasteiger partial charge in [-0.1, -0.05) is 46.8 Å². The van der Waals surface area contributed by atoms with Gasteiger partial charge in [0.25, 0.3) is 0 Å². The molecule has 0 radical (unpaired) electrons. The number of benzene rings is 2. The average molecular weight is 499 g/mol. The van der Waals surface area contributed by atoms with Crippen LogP contribution in [0.3, 0.4) is 0 Å². The molecule has 0 aliphatic heterocycles. The summed E-state index contributed by atoms with van der Waals surface area (Å²) in [6, 6.07) is 13.8. The lowest BCUT2D eigenvalue weighted by molar-refractivity contribution is -0.136. The molecule has 0 saturated heterocycles. The van der Waals surface area contributed by atoms with Crippen molar-refractivity contribution in [3.05, 3.63) is 80.4 Å². The van der Waals surface area contributed by atoms with E-state index in [4.69, 9.17) is 9.47 Å². The highest BCUT2D eigenvalue weighted by Gasteiger charge is 2.03. The van der Waals surface area contributed by atoms with Crippen molar-refractivity contribution < 1.29 is 14.3 Å². The highest BCUT2D eigenvalue weighted by Crippen LogP contribution is 2.24. The fourth-order valence-electron chi connectivity index (χ4n) is 1.83. The molecule has 124 valence electrons. The molecule has 2 aromatic carbocycles. The van der Waals surface area contributed by atoms with Crippen LogP contribution in [0.2, 0.25) is 0 Å². The van der Waals surface area contributed by atoms with Crippen LogP contribution >= 0.6 is 38.5 Å². The molecule has 0 aliphatic rings. The first-order valence-electron chi connectivity index (χ1n) is 7.21. The topological polar surface area (TPSA) is 35.5 Å². The van der Waals surface area contributed by atoms with E-state index in [9.17, 15) is 4.79 Å². The largest absolute Gasteiger partial charge is 0.488 e. The fourth-order valence-corrected chi connectivity index (χ4v) is 2.79. The predicted molar refractivity (Wildman–Crippen MR) is 108 cm³/mol. The van der Waals surface area contributed by atoms with Crippen molar-refractivity contribution in [3.8, 4) is 5.75 Å². The number of ether oxygens (including phenoxy) is 2. The number of esters is 1. The number of carbonyl (C=O) groups is 1. The highest BCUT2D eigenvalue weighted by atomic mass is 127. The minimum atomic E-state index is -0.388. The van der Waals surface area contributed by atoms with Crippen molar-refractivity contribution in [2.24, 2.45) is 0 Å². The van der Waals surface area contributed by atoms with Gasteiger partial charge in [-0.15, -0.1) is 0 Å². The van der Waals surface area contributed by atoms with Crippen LogP contribution in [0.5, 0.6) is 5.75 Å². The Kier molecular flexibility index (Phi) is 7.52. The molecule has 5 heteroatoms. The smallest absolute Gasteiger partial charge is 0.331 e. The Hall–Kier alpha value is -1.60. The van der Waals surface area contributed by atoms with E-state index in [1.54, 1.807) is 6.08 Å². The first-order chi connectivity index (χ1) is 11.6. The van der Waals surface area contributed by atoms with E-state index in [2.05, 4.69) is 45.1 Å². The molecule has 0 atom stereocenters. The van der Waals surface area contributed by atoms with Gasteiger partial charge < -0.3 is 9.47 Å². The van der Waals surface area contributed by atoms with Crippen LogP contribution in [-0.2, 0) is 16.1 Å². The number of rotatable bonds is 7. The normalized spacial score (nSPS) is 10.6. The maximum Gasteiger partial charge on any atom is 0.331 e. The lowest BCUT2D eigenvalue weighted by Gasteiger charge is -2.09. The summed E-state index contributed by atoms with van der Waals surface area (Å²) in [6.07, 6.45) is 4.65. The minimum Gasteiger partial charge on any atom is -0.488 e. The maximum atomic E-state index is 11.4. The van der Waals surface area contributed by atoms with Gasteiger partial charge in [0.15, 0.2) is 0 Å². The molecule has 0 heterocycles. The predicted octanol–water partition coefficient (Wildman–Crippen LogP) is 5.38. The van der Waals surface area contributed by atoms with Gasteiger partial charge in [0, 0.05) is 10.5 Å². The Balaban J connectivity index is 1.96. The molecule has 3 nitrogen and oxygen atoms in total. The second-order valence-electron chi connectivity index (χ2n) is 4.86. The monoisotopic (exact) mass is 498 g/mol. The lowest BCUT2D eigenvalue weighted by atomic mass is 10.2. The summed E-state index contributed by atoms with van der Waals surface area (Å²) in [7, 11) is 0. The van der Waals surface area contributed by atoms with Crippen LogP contribution in [0.25, 0.3) is 6.08 Å². The van der Waals surface area contributed by atoms with E-state index in [1.165, 1.54) is 12.2 Å². The van der Waals surface area contributed by atoms with Gasteiger partial charge in [0.05, 0.1) is 3.57 Å². The van der Waals surface area contributed by atoms with E-state index in [-0.39, 0.29) is 12.6 Å². The van der Waals surface area contributed by atoms with Crippen LogP contribution in [0.15, 0.2) is 65.7 Å². The zero-order valence-electron chi connectivity index (χ0n) is 12.9. The van der Waals surface area contributed by atoms with Crippen LogP contribution in [0.1, 0.15) is 11.1 Å². The molecule has 0 unspecified atom stereocenters. The third kappa shape index (κ3) is 6.13. The van der Waals surface area contributed by atoms with E-state index in [0.717, 1.165) is 24.9 Å². The van der Waals surface area contributed by atoms with Gasteiger partial charge in [-0.05, 0) is 64.1 Å². The molecule has 0 aromatic heterocycles. The Morgan fingerprint density at radius 3 is 2.62 bits per heavy atom. The second kappa shape index (κ2) is 9.64. The van der Waals surface area contributed by atoms with Gasteiger partial charge >= 0.3 is 5.97 Å². The number of carbonyl (C=O) groups excluding carboxylic acids is 1. The van der Waals surface area contributed by atoms with Crippen molar-refractivity contribution >= 4 is 50.6 Å². The van der Waals surface area contributed by atoms with Crippen LogP contribution in [0, 0.1) is 3.57 Å². The highest BCUT2D eigenvalue weighted by molar-refractivity contribution is 14.1. The summed E-state index contributed by atoms with van der Waals surface area (Å²) in [6.45, 7) is 4.22. The Labute approximate surface area is 163 Å². The molecule has 0 N–H and O–H groups in total. The van der Waals surface area contributed by atoms with E-state index < -0.39 is 0 Å². The molecule has 0 amide bonds. The summed E-state index contributed by atoms with van der Waals surface area (Å²) in [4.78, 5) is 11.4. The quantitative estimate of drug-likeness (QED) is 0.222. The average Bonchev–Trinajstić information content (AvgIpc) is 2.58. The van der Waals surface area contributed by atoms with E-state index >= 15 is 0 Å². The molecule has 0 fully saturated rings. The van der Waals surface area contributed by atoms with Crippen LogP contribution in [0.4, 0.5) is 0 Å². The van der Waals surface area contributed by atoms with Gasteiger partial charge in [-0.2, -0.15) is 0 Å². The number of halogens is 2. The number of hydrogen-bond donors (Lipinski definition) is 0. The third-order valence-corrected chi connectivity index (χ3v) is 4.39. The Morgan fingerprint density at radius 1 is 1.21 bits per heavy atom. The van der Waals surface area contributed by atoms with Gasteiger partial charge in [0.1, 0.15) is 19.0 Å². The second-order valence-corrected chi connectivity index (χ2v) is 6.93. The molecule has 24 heavy (non-hydrogen) atoms. The minimum absolute atomic E-state index is 0.212. The van der Waals surface area contributed by atoms with E-state index in [1.807, 2.05) is 42.5 Å². The maximum absolute atomic E-state index is 11.4. The molecule has 2 rings (SSSR count). The molecule has 2 aromatic rings. The van der Waals surface area contributed by atoms with Gasteiger partial charge in [-0.3, -0.25) is 0 Å². The summed E-state index contributed by atoms with van der Waals surface area (Å²) in [5.41, 5.74) is 2.01. The fraction of sp³-hybridized carbons (Fsp3) is 0.105. The van der Waals surface area contributed by atoms with Crippen LogP contribution in [-0.4, -0.2) is 12.6 Å². The first kappa shape index (κ1) is 18.7. The Morgan fingerprint density at radius 2 is 1.96 bits per heavy atom. The van der Waals surface area contributed by atoms with Gasteiger partial charge in [-0.25, -0.2) is 4.79 Å². The summed E-state index contributed by atoms with van der Waals surface area (Å²) in [5.74, 6) is 0.422. The molecule has 0 saturated carbocycles. The molecule has 0 spiro atoms. The molecule has 0 bridgehead atoms. The molecular weight excluding hydrogens is 483 g/mol. The zero-order valence-corrected chi connectivity index (χ0v) is 16.6. The van der Waals surface area contributed by atoms with Crippen molar-refractivity contribution in [1.82, 2.24) is 0 Å². The van der Waals surface area contributed by atoms with Crippen molar-refractivity contribution in [3.63, 3.8) is 0 Å². The zero-order chi connectivity index (χ0) is 17.4. The van der Waals surface area contributed by atoms with Gasteiger partial charge in [0.2, 0.25) is 0 Å². The van der Waals surface area contributed by atoms with Crippen molar-refractivity contribution in [1.29, 1.82) is 0 Å². The van der Waals surface area contributed by atoms with Crippen molar-refractivity contribution in [2.45, 2.75) is 6.61 Å². The lowest BCUT2D eigenvalue weighted by Crippen LogP contribution is -1.99. The summed E-state index contributed by atoms with van der Waals surface area (Å²) < 4.78 is 12.8. The SMILES string of the molecule is C=CCOC(=O)/C=C/c1ccc(OCc2ccc(Br)cc2)c(I)c1. The standard InChI is InChI=1S/C19H16BrIO3/c1-2-11-23-19(22)10-6-14-5-9-18(17(21)12-14)24-13-15-3-7-16(20)8-4-15/h2-10,12H,1,11,13H2/b10-6+. The Bertz CT molecular complexity index is 739. The van der Waals surface area contributed by atoms with Crippen molar-refractivity contribution in [2.75, 3.05) is 6.61 Å². The third-order valence-electron chi connectivity index (χ3n) is 3.02. The number of hydrogen-bond acceptors (Lipinski definition) is 3. The summed E-state index contributed by atoms with van der Waals surface area (Å²) >= 11 is 5.63. The molecular formula is C19H16BrIO3. The molecule has 0 aliphatic carbocycles. The summed E-state index contributed by atoms with van der Waals surface area (Å²) in [5, 5.41) is 0.